The van der Waals surface area contributed by atoms with Gasteiger partial charge in [0.15, 0.2) is 17.3 Å². The quantitative estimate of drug-likeness (QED) is 0.133. The second-order valence-corrected chi connectivity index (χ2v) is 9.93. The molecule has 0 spiro atoms. The second-order valence-electron chi connectivity index (χ2n) is 9.93. The Labute approximate surface area is 211 Å². The first-order chi connectivity index (χ1) is 17.5. The van der Waals surface area contributed by atoms with E-state index in [-0.39, 0.29) is 17.3 Å². The second kappa shape index (κ2) is 10.1. The molecule has 5 rings (SSSR count). The van der Waals surface area contributed by atoms with Gasteiger partial charge in [-0.2, -0.15) is 0 Å². The van der Waals surface area contributed by atoms with Gasteiger partial charge in [0.2, 0.25) is 0 Å². The van der Waals surface area contributed by atoms with E-state index in [0.29, 0.717) is 29.0 Å². The number of fused-ring (bicyclic) bond motifs is 3. The van der Waals surface area contributed by atoms with Gasteiger partial charge in [0.25, 0.3) is 0 Å². The third kappa shape index (κ3) is 4.34. The monoisotopic (exact) mass is 480 g/mol. The van der Waals surface area contributed by atoms with Crippen LogP contribution in [0.1, 0.15) is 72.5 Å². The number of benzene rings is 3. The maximum absolute atomic E-state index is 13.3. The van der Waals surface area contributed by atoms with Gasteiger partial charge in [-0.05, 0) is 55.7 Å². The first kappa shape index (κ1) is 24.0. The van der Waals surface area contributed by atoms with E-state index in [2.05, 4.69) is 16.6 Å². The van der Waals surface area contributed by atoms with Crippen molar-refractivity contribution in [3.8, 4) is 0 Å². The summed E-state index contributed by atoms with van der Waals surface area (Å²) in [6.45, 7) is 4.81. The van der Waals surface area contributed by atoms with E-state index in [1.165, 1.54) is 6.42 Å². The maximum atomic E-state index is 13.3. The normalized spacial score (nSPS) is 15.0. The largest absolute Gasteiger partial charge is 0.410 e. The van der Waals surface area contributed by atoms with Crippen molar-refractivity contribution in [3.63, 3.8) is 0 Å². The number of ketones is 2. The van der Waals surface area contributed by atoms with Crippen LogP contribution in [-0.4, -0.2) is 27.1 Å². The molecule has 1 aliphatic carbocycles. The van der Waals surface area contributed by atoms with E-state index in [4.69, 9.17) is 0 Å². The first-order valence-corrected chi connectivity index (χ1v) is 12.9. The predicted octanol–water partition coefficient (Wildman–Crippen LogP) is 7.07. The molecule has 0 saturated heterocycles. The zero-order chi connectivity index (χ0) is 25.2. The van der Waals surface area contributed by atoms with E-state index >= 15 is 0 Å². The van der Waals surface area contributed by atoms with E-state index in [1.807, 2.05) is 67.6 Å². The van der Waals surface area contributed by atoms with E-state index in [1.54, 1.807) is 0 Å². The number of nitrogens with zero attached hydrogens (tertiary/aromatic N) is 2. The minimum atomic E-state index is -0.113. The van der Waals surface area contributed by atoms with Crippen molar-refractivity contribution in [2.45, 2.75) is 58.9 Å². The lowest BCUT2D eigenvalue weighted by Gasteiger charge is -2.20. The number of oxime groups is 1. The summed E-state index contributed by atoms with van der Waals surface area (Å²) in [4.78, 5) is 26.4. The number of hydrogen-bond donors (Lipinski definition) is 1. The lowest BCUT2D eigenvalue weighted by molar-refractivity contribution is -0.114. The Morgan fingerprint density at radius 1 is 0.917 bits per heavy atom. The third-order valence-electron chi connectivity index (χ3n) is 7.67. The summed E-state index contributed by atoms with van der Waals surface area (Å²) < 4.78 is 2.20. The zero-order valence-electron chi connectivity index (χ0n) is 21.0. The summed E-state index contributed by atoms with van der Waals surface area (Å²) in [5.74, 6) is 0.242. The summed E-state index contributed by atoms with van der Waals surface area (Å²) in [5, 5.41) is 15.1. The third-order valence-corrected chi connectivity index (χ3v) is 7.67. The van der Waals surface area contributed by atoms with Gasteiger partial charge in [0.05, 0.1) is 0 Å². The molecule has 0 amide bonds. The Morgan fingerprint density at radius 3 is 2.19 bits per heavy atom. The summed E-state index contributed by atoms with van der Waals surface area (Å²) in [6.07, 6.45) is 6.10. The Balaban J connectivity index is 1.57. The number of aromatic nitrogens is 1. The summed E-state index contributed by atoms with van der Waals surface area (Å²) in [5.41, 5.74) is 5.04. The minimum Gasteiger partial charge on any atom is -0.410 e. The van der Waals surface area contributed by atoms with Gasteiger partial charge in [0.1, 0.15) is 0 Å². The van der Waals surface area contributed by atoms with Crippen molar-refractivity contribution in [1.29, 1.82) is 0 Å². The van der Waals surface area contributed by atoms with Gasteiger partial charge >= 0.3 is 0 Å². The molecule has 1 saturated carbocycles. The summed E-state index contributed by atoms with van der Waals surface area (Å²) in [6, 6.07) is 19.2. The van der Waals surface area contributed by atoms with Gasteiger partial charge in [0, 0.05) is 51.5 Å². The van der Waals surface area contributed by atoms with Gasteiger partial charge in [-0.1, -0.05) is 67.6 Å². The van der Waals surface area contributed by atoms with Gasteiger partial charge < -0.3 is 9.77 Å². The summed E-state index contributed by atoms with van der Waals surface area (Å²) in [7, 11) is 0. The van der Waals surface area contributed by atoms with E-state index in [9.17, 15) is 14.8 Å². The molecule has 1 fully saturated rings. The highest BCUT2D eigenvalue weighted by Gasteiger charge is 2.23. The molecule has 4 aromatic rings. The van der Waals surface area contributed by atoms with Crippen molar-refractivity contribution < 1.29 is 14.8 Å². The number of aryl methyl sites for hydroxylation is 2. The van der Waals surface area contributed by atoms with E-state index < -0.39 is 0 Å². The van der Waals surface area contributed by atoms with Crippen molar-refractivity contribution in [3.05, 3.63) is 82.9 Å². The van der Waals surface area contributed by atoms with Crippen LogP contribution in [-0.2, 0) is 11.3 Å². The molecule has 184 valence electrons. The molecule has 1 N–H and O–H groups in total. The highest BCUT2D eigenvalue weighted by molar-refractivity contribution is 6.46. The molecular weight excluding hydrogens is 448 g/mol. The smallest absolute Gasteiger partial charge is 0.193 e. The molecule has 0 aliphatic heterocycles. The predicted molar refractivity (Wildman–Crippen MR) is 144 cm³/mol. The highest BCUT2D eigenvalue weighted by Crippen LogP contribution is 2.32. The molecule has 1 aromatic heterocycles. The Kier molecular flexibility index (Phi) is 6.73. The van der Waals surface area contributed by atoms with Crippen LogP contribution in [0.4, 0.5) is 0 Å². The molecule has 3 aromatic carbocycles. The van der Waals surface area contributed by atoms with Crippen LogP contribution < -0.4 is 0 Å². The zero-order valence-corrected chi connectivity index (χ0v) is 21.0. The molecule has 1 aliphatic rings. The average molecular weight is 481 g/mol. The van der Waals surface area contributed by atoms with Crippen molar-refractivity contribution in [2.24, 2.45) is 11.1 Å². The van der Waals surface area contributed by atoms with Crippen molar-refractivity contribution >= 4 is 39.1 Å². The molecular formula is C31H32N2O3. The number of carbonyl (C=O) groups excluding carboxylic acids is 2. The molecule has 5 nitrogen and oxygen atoms in total. The van der Waals surface area contributed by atoms with Crippen LogP contribution in [0.15, 0.2) is 65.8 Å². The number of carbonyl (C=O) groups is 2. The fraction of sp³-hybridized carbons (Fsp3) is 0.323. The fourth-order valence-electron chi connectivity index (χ4n) is 5.74. The van der Waals surface area contributed by atoms with Gasteiger partial charge in [-0.3, -0.25) is 9.59 Å². The Bertz CT molecular complexity index is 1490. The average Bonchev–Trinajstić information content (AvgIpc) is 3.22. The van der Waals surface area contributed by atoms with Crippen LogP contribution in [0.5, 0.6) is 0 Å². The van der Waals surface area contributed by atoms with E-state index in [0.717, 1.165) is 59.6 Å². The van der Waals surface area contributed by atoms with Crippen molar-refractivity contribution in [1.82, 2.24) is 4.57 Å². The van der Waals surface area contributed by atoms with Crippen molar-refractivity contribution in [2.75, 3.05) is 0 Å². The SMILES string of the molecule is CCn1c2ccc(C(=O)c3ccccc3C)cc2c2cc(C(=NO)C(=O)CC3CCCCC3)ccc21. The standard InChI is InChI=1S/C31H32N2O3/c1-3-33-27-15-13-22(30(32-36)29(34)17-21-10-5-4-6-11-21)18-25(27)26-19-23(14-16-28(26)33)31(35)24-12-8-7-9-20(24)2/h7-9,12-16,18-19,21,36H,3-6,10-11,17H2,1-2H3. The molecule has 5 heteroatoms. The van der Waals surface area contributed by atoms with Gasteiger partial charge in [-0.25, -0.2) is 0 Å². The topological polar surface area (TPSA) is 71.7 Å². The Hall–Kier alpha value is -3.73. The number of hydrogen-bond acceptors (Lipinski definition) is 4. The van der Waals surface area contributed by atoms with Crippen LogP contribution in [0, 0.1) is 12.8 Å². The van der Waals surface area contributed by atoms with Crippen LogP contribution >= 0.6 is 0 Å². The number of rotatable bonds is 7. The molecule has 0 bridgehead atoms. The lowest BCUT2D eigenvalue weighted by atomic mass is 9.84. The molecule has 1 heterocycles. The van der Waals surface area contributed by atoms with Crippen LogP contribution in [0.2, 0.25) is 0 Å². The molecule has 0 radical (unpaired) electrons. The molecule has 0 atom stereocenters. The number of Topliss-reactive ketones (excluding diaryl/α,β-unsaturated/α-hetero) is 1. The van der Waals surface area contributed by atoms with Gasteiger partial charge in [-0.15, -0.1) is 0 Å². The maximum Gasteiger partial charge on any atom is 0.193 e. The summed E-state index contributed by atoms with van der Waals surface area (Å²) >= 11 is 0. The minimum absolute atomic E-state index is 0.0103. The van der Waals surface area contributed by atoms with Crippen LogP contribution in [0.25, 0.3) is 21.8 Å². The molecule has 36 heavy (non-hydrogen) atoms. The molecule has 0 unspecified atom stereocenters. The lowest BCUT2D eigenvalue weighted by Crippen LogP contribution is -2.20. The fourth-order valence-corrected chi connectivity index (χ4v) is 5.74. The Morgan fingerprint density at radius 2 is 1.56 bits per heavy atom. The highest BCUT2D eigenvalue weighted by atomic mass is 16.4. The van der Waals surface area contributed by atoms with Crippen LogP contribution in [0.3, 0.4) is 0 Å². The first-order valence-electron chi connectivity index (χ1n) is 12.9.